The Bertz CT molecular complexity index is 457. The van der Waals surface area contributed by atoms with E-state index in [2.05, 4.69) is 13.8 Å². The van der Waals surface area contributed by atoms with E-state index in [1.54, 1.807) is 14.2 Å². The van der Waals surface area contributed by atoms with Crippen molar-refractivity contribution < 1.29 is 14.7 Å². The molecular formula is C14H21NO3. The molecule has 100 valence electrons. The monoisotopic (exact) mass is 251 g/mol. The van der Waals surface area contributed by atoms with E-state index in [0.29, 0.717) is 12.3 Å². The average molecular weight is 251 g/mol. The Morgan fingerprint density at radius 3 is 2.33 bits per heavy atom. The van der Waals surface area contributed by atoms with Gasteiger partial charge < -0.3 is 14.7 Å². The Morgan fingerprint density at radius 2 is 1.78 bits per heavy atom. The second kappa shape index (κ2) is 4.44. The Hall–Kier alpha value is -1.26. The summed E-state index contributed by atoms with van der Waals surface area (Å²) in [4.78, 5) is 0. The molecule has 4 nitrogen and oxygen atoms in total. The number of hydrogen-bond acceptors (Lipinski definition) is 4. The van der Waals surface area contributed by atoms with E-state index in [9.17, 15) is 5.21 Å². The van der Waals surface area contributed by atoms with Gasteiger partial charge in [-0.1, -0.05) is 13.8 Å². The fraction of sp³-hybridized carbons (Fsp3) is 0.571. The summed E-state index contributed by atoms with van der Waals surface area (Å²) in [6.45, 7) is 6.83. The lowest BCUT2D eigenvalue weighted by Gasteiger charge is -2.41. The highest BCUT2D eigenvalue weighted by molar-refractivity contribution is 5.51. The van der Waals surface area contributed by atoms with Gasteiger partial charge in [0.1, 0.15) is 0 Å². The molecule has 1 N–H and O–H groups in total. The van der Waals surface area contributed by atoms with Crippen molar-refractivity contribution >= 4 is 0 Å². The van der Waals surface area contributed by atoms with Crippen molar-refractivity contribution in [1.82, 2.24) is 5.06 Å². The van der Waals surface area contributed by atoms with Gasteiger partial charge in [0.05, 0.1) is 20.3 Å². The molecule has 1 aromatic rings. The second-order valence-electron chi connectivity index (χ2n) is 5.45. The van der Waals surface area contributed by atoms with Crippen LogP contribution in [0.25, 0.3) is 0 Å². The molecule has 4 heteroatoms. The van der Waals surface area contributed by atoms with Crippen LogP contribution in [0.4, 0.5) is 0 Å². The molecule has 1 atom stereocenters. The first kappa shape index (κ1) is 13.2. The van der Waals surface area contributed by atoms with Crippen LogP contribution in [0.2, 0.25) is 0 Å². The topological polar surface area (TPSA) is 41.9 Å². The minimum atomic E-state index is -0.115. The third-order valence-electron chi connectivity index (χ3n) is 3.74. The molecule has 0 aliphatic carbocycles. The molecule has 0 radical (unpaired) electrons. The van der Waals surface area contributed by atoms with Crippen LogP contribution in [0.1, 0.15) is 37.9 Å². The maximum absolute atomic E-state index is 10.0. The summed E-state index contributed by atoms with van der Waals surface area (Å²) in [5, 5.41) is 11.4. The molecule has 0 amide bonds. The van der Waals surface area contributed by atoms with Crippen molar-refractivity contribution in [3.8, 4) is 11.5 Å². The van der Waals surface area contributed by atoms with Crippen molar-refractivity contribution in [2.75, 3.05) is 20.8 Å². The summed E-state index contributed by atoms with van der Waals surface area (Å²) in [5.41, 5.74) is 2.18. The van der Waals surface area contributed by atoms with Crippen LogP contribution in [-0.2, 0) is 5.41 Å². The molecule has 0 fully saturated rings. The van der Waals surface area contributed by atoms with E-state index in [-0.39, 0.29) is 11.5 Å². The summed E-state index contributed by atoms with van der Waals surface area (Å²) in [6.07, 6.45) is 0. The molecule has 1 aliphatic heterocycles. The molecule has 1 unspecified atom stereocenters. The van der Waals surface area contributed by atoms with Crippen LogP contribution < -0.4 is 9.47 Å². The molecular weight excluding hydrogens is 230 g/mol. The fourth-order valence-corrected chi connectivity index (χ4v) is 2.61. The minimum Gasteiger partial charge on any atom is -0.493 e. The highest BCUT2D eigenvalue weighted by Crippen LogP contribution is 2.43. The third-order valence-corrected chi connectivity index (χ3v) is 3.74. The van der Waals surface area contributed by atoms with Gasteiger partial charge in [-0.15, -0.1) is 0 Å². The summed E-state index contributed by atoms with van der Waals surface area (Å²) in [5.74, 6) is 1.44. The normalized spacial score (nSPS) is 22.4. The van der Waals surface area contributed by atoms with Gasteiger partial charge in [-0.05, 0) is 30.2 Å². The van der Waals surface area contributed by atoms with E-state index >= 15 is 0 Å². The number of hydroxylamine groups is 2. The lowest BCUT2D eigenvalue weighted by molar-refractivity contribution is -0.142. The largest absolute Gasteiger partial charge is 0.493 e. The molecule has 1 aromatic carbocycles. The van der Waals surface area contributed by atoms with Crippen LogP contribution in [0, 0.1) is 0 Å². The Labute approximate surface area is 108 Å². The lowest BCUT2D eigenvalue weighted by atomic mass is 9.76. The predicted molar refractivity (Wildman–Crippen MR) is 69.5 cm³/mol. The number of benzene rings is 1. The van der Waals surface area contributed by atoms with E-state index in [0.717, 1.165) is 11.3 Å². The van der Waals surface area contributed by atoms with E-state index in [1.807, 2.05) is 19.1 Å². The van der Waals surface area contributed by atoms with Crippen LogP contribution in [0.5, 0.6) is 11.5 Å². The zero-order valence-corrected chi connectivity index (χ0v) is 11.7. The van der Waals surface area contributed by atoms with Gasteiger partial charge in [-0.25, -0.2) is 0 Å². The number of fused-ring (bicyclic) bond motifs is 1. The Morgan fingerprint density at radius 1 is 1.22 bits per heavy atom. The van der Waals surface area contributed by atoms with Crippen LogP contribution >= 0.6 is 0 Å². The van der Waals surface area contributed by atoms with Crippen molar-refractivity contribution in [2.24, 2.45) is 0 Å². The van der Waals surface area contributed by atoms with Crippen molar-refractivity contribution in [1.29, 1.82) is 0 Å². The molecule has 0 saturated carbocycles. The summed E-state index contributed by atoms with van der Waals surface area (Å²) >= 11 is 0. The standard InChI is InChI=1S/C14H21NO3/c1-9-10-6-12(17-4)13(18-5)7-11(10)14(2,3)8-15(9)16/h6-7,9,16H,8H2,1-5H3. The van der Waals surface area contributed by atoms with Gasteiger partial charge in [0, 0.05) is 12.0 Å². The highest BCUT2D eigenvalue weighted by Gasteiger charge is 2.36. The highest BCUT2D eigenvalue weighted by atomic mass is 16.5. The summed E-state index contributed by atoms with van der Waals surface area (Å²) < 4.78 is 10.7. The summed E-state index contributed by atoms with van der Waals surface area (Å²) in [7, 11) is 3.27. The van der Waals surface area contributed by atoms with Crippen molar-refractivity contribution in [2.45, 2.75) is 32.2 Å². The first-order valence-electron chi connectivity index (χ1n) is 6.12. The molecule has 2 rings (SSSR count). The number of ether oxygens (including phenoxy) is 2. The minimum absolute atomic E-state index is 0.0344. The van der Waals surface area contributed by atoms with E-state index in [4.69, 9.17) is 9.47 Å². The molecule has 0 aromatic heterocycles. The fourth-order valence-electron chi connectivity index (χ4n) is 2.61. The van der Waals surface area contributed by atoms with Crippen LogP contribution in [0.3, 0.4) is 0 Å². The maximum atomic E-state index is 10.0. The van der Waals surface area contributed by atoms with E-state index in [1.165, 1.54) is 10.6 Å². The zero-order valence-electron chi connectivity index (χ0n) is 11.7. The van der Waals surface area contributed by atoms with Crippen molar-refractivity contribution in [3.05, 3.63) is 23.3 Å². The number of methoxy groups -OCH3 is 2. The third kappa shape index (κ3) is 1.95. The first-order valence-corrected chi connectivity index (χ1v) is 6.12. The maximum Gasteiger partial charge on any atom is 0.161 e. The molecule has 0 saturated heterocycles. The molecule has 0 bridgehead atoms. The number of nitrogens with zero attached hydrogens (tertiary/aromatic N) is 1. The Balaban J connectivity index is 2.63. The number of hydrogen-bond donors (Lipinski definition) is 1. The van der Waals surface area contributed by atoms with Gasteiger partial charge in [-0.3, -0.25) is 0 Å². The second-order valence-corrected chi connectivity index (χ2v) is 5.45. The summed E-state index contributed by atoms with van der Waals surface area (Å²) in [6, 6.07) is 3.95. The molecule has 1 aliphatic rings. The van der Waals surface area contributed by atoms with Crippen LogP contribution in [-0.4, -0.2) is 31.0 Å². The van der Waals surface area contributed by atoms with Gasteiger partial charge in [-0.2, -0.15) is 5.06 Å². The zero-order chi connectivity index (χ0) is 13.5. The SMILES string of the molecule is COc1cc2c(cc1OC)C(C)(C)CN(O)C2C. The smallest absolute Gasteiger partial charge is 0.161 e. The first-order chi connectivity index (χ1) is 8.40. The molecule has 1 heterocycles. The quantitative estimate of drug-likeness (QED) is 0.877. The van der Waals surface area contributed by atoms with E-state index < -0.39 is 0 Å². The van der Waals surface area contributed by atoms with Gasteiger partial charge >= 0.3 is 0 Å². The number of rotatable bonds is 2. The average Bonchev–Trinajstić information content (AvgIpc) is 2.34. The van der Waals surface area contributed by atoms with Crippen LogP contribution in [0.15, 0.2) is 12.1 Å². The molecule has 18 heavy (non-hydrogen) atoms. The lowest BCUT2D eigenvalue weighted by Crippen LogP contribution is -2.42. The van der Waals surface area contributed by atoms with Crippen molar-refractivity contribution in [3.63, 3.8) is 0 Å². The Kier molecular flexibility index (Phi) is 3.25. The van der Waals surface area contributed by atoms with Gasteiger partial charge in [0.2, 0.25) is 0 Å². The van der Waals surface area contributed by atoms with Gasteiger partial charge in [0.15, 0.2) is 11.5 Å². The predicted octanol–water partition coefficient (Wildman–Crippen LogP) is 2.75. The van der Waals surface area contributed by atoms with Gasteiger partial charge in [0.25, 0.3) is 0 Å². The molecule has 0 spiro atoms.